The standard InChI is InChI=1S/C22H20FN3O2/c1-14-3-4-15(2)20(9-14)26-22(28)18-10-17(12-24-13-18)21(27)25-11-16-5-7-19(23)8-6-16/h3-10,12-13H,11H2,1-2H3,(H,25,27)(H,26,28). The summed E-state index contributed by atoms with van der Waals surface area (Å²) in [5.41, 5.74) is 4.03. The van der Waals surface area contributed by atoms with Crippen LogP contribution in [0.15, 0.2) is 60.9 Å². The third-order valence-electron chi connectivity index (χ3n) is 4.27. The lowest BCUT2D eigenvalue weighted by Crippen LogP contribution is -2.23. The summed E-state index contributed by atoms with van der Waals surface area (Å²) in [6, 6.07) is 13.2. The molecular formula is C22H20FN3O2. The first-order valence-electron chi connectivity index (χ1n) is 8.78. The fourth-order valence-electron chi connectivity index (χ4n) is 2.64. The smallest absolute Gasteiger partial charge is 0.257 e. The number of aromatic nitrogens is 1. The Hall–Kier alpha value is -3.54. The molecule has 2 N–H and O–H groups in total. The van der Waals surface area contributed by atoms with Gasteiger partial charge in [-0.2, -0.15) is 0 Å². The Morgan fingerprint density at radius 3 is 2.32 bits per heavy atom. The number of carbonyl (C=O) groups excluding carboxylic acids is 2. The molecule has 6 heteroatoms. The maximum absolute atomic E-state index is 12.9. The van der Waals surface area contributed by atoms with E-state index in [4.69, 9.17) is 0 Å². The van der Waals surface area contributed by atoms with Gasteiger partial charge in [-0.15, -0.1) is 0 Å². The number of pyridine rings is 1. The molecule has 5 nitrogen and oxygen atoms in total. The molecule has 0 saturated heterocycles. The minimum Gasteiger partial charge on any atom is -0.348 e. The first kappa shape index (κ1) is 19.2. The largest absolute Gasteiger partial charge is 0.348 e. The first-order chi connectivity index (χ1) is 13.4. The van der Waals surface area contributed by atoms with E-state index in [9.17, 15) is 14.0 Å². The average Bonchev–Trinajstić information content (AvgIpc) is 2.70. The molecule has 2 aromatic carbocycles. The number of aryl methyl sites for hydroxylation is 2. The third kappa shape index (κ3) is 4.79. The highest BCUT2D eigenvalue weighted by Crippen LogP contribution is 2.17. The van der Waals surface area contributed by atoms with Crippen molar-refractivity contribution >= 4 is 17.5 Å². The van der Waals surface area contributed by atoms with Gasteiger partial charge in [-0.05, 0) is 54.8 Å². The van der Waals surface area contributed by atoms with Crippen LogP contribution >= 0.6 is 0 Å². The highest BCUT2D eigenvalue weighted by molar-refractivity contribution is 6.06. The molecule has 0 aliphatic heterocycles. The molecule has 2 amide bonds. The summed E-state index contributed by atoms with van der Waals surface area (Å²) in [4.78, 5) is 28.9. The number of nitrogens with one attached hydrogen (secondary N) is 2. The van der Waals surface area contributed by atoms with E-state index >= 15 is 0 Å². The molecule has 0 fully saturated rings. The second kappa shape index (κ2) is 8.43. The number of hydrogen-bond acceptors (Lipinski definition) is 3. The summed E-state index contributed by atoms with van der Waals surface area (Å²) in [5, 5.41) is 5.58. The Morgan fingerprint density at radius 2 is 1.61 bits per heavy atom. The number of carbonyl (C=O) groups is 2. The molecule has 0 unspecified atom stereocenters. The summed E-state index contributed by atoms with van der Waals surface area (Å²) in [7, 11) is 0. The molecule has 0 spiro atoms. The lowest BCUT2D eigenvalue weighted by atomic mass is 10.1. The van der Waals surface area contributed by atoms with E-state index in [-0.39, 0.29) is 35.3 Å². The molecule has 28 heavy (non-hydrogen) atoms. The number of hydrogen-bond donors (Lipinski definition) is 2. The highest BCUT2D eigenvalue weighted by Gasteiger charge is 2.12. The van der Waals surface area contributed by atoms with E-state index in [1.165, 1.54) is 30.6 Å². The molecule has 1 heterocycles. The highest BCUT2D eigenvalue weighted by atomic mass is 19.1. The average molecular weight is 377 g/mol. The quantitative estimate of drug-likeness (QED) is 0.705. The van der Waals surface area contributed by atoms with Gasteiger partial charge in [0.05, 0.1) is 11.1 Å². The Bertz CT molecular complexity index is 1020. The number of halogens is 1. The Morgan fingerprint density at radius 1 is 0.929 bits per heavy atom. The fraction of sp³-hybridized carbons (Fsp3) is 0.136. The van der Waals surface area contributed by atoms with Crippen molar-refractivity contribution < 1.29 is 14.0 Å². The minimum atomic E-state index is -0.363. The molecule has 0 aliphatic rings. The van der Waals surface area contributed by atoms with Crippen LogP contribution in [0.4, 0.5) is 10.1 Å². The maximum atomic E-state index is 12.9. The lowest BCUT2D eigenvalue weighted by molar-refractivity contribution is 0.0950. The Labute approximate surface area is 162 Å². The van der Waals surface area contributed by atoms with Crippen molar-refractivity contribution in [1.29, 1.82) is 0 Å². The van der Waals surface area contributed by atoms with Crippen LogP contribution in [0.1, 0.15) is 37.4 Å². The second-order valence-corrected chi connectivity index (χ2v) is 6.54. The van der Waals surface area contributed by atoms with Crippen LogP contribution in [0, 0.1) is 19.7 Å². The van der Waals surface area contributed by atoms with Gasteiger partial charge in [0, 0.05) is 24.6 Å². The van der Waals surface area contributed by atoms with Crippen LogP contribution in [-0.2, 0) is 6.54 Å². The molecular weight excluding hydrogens is 357 g/mol. The monoisotopic (exact) mass is 377 g/mol. The fourth-order valence-corrected chi connectivity index (χ4v) is 2.64. The predicted molar refractivity (Wildman–Crippen MR) is 106 cm³/mol. The third-order valence-corrected chi connectivity index (χ3v) is 4.27. The summed E-state index contributed by atoms with van der Waals surface area (Å²) in [5.74, 6) is -1.03. The maximum Gasteiger partial charge on any atom is 0.257 e. The lowest BCUT2D eigenvalue weighted by Gasteiger charge is -2.10. The van der Waals surface area contributed by atoms with Gasteiger partial charge < -0.3 is 10.6 Å². The van der Waals surface area contributed by atoms with E-state index in [0.717, 1.165) is 22.4 Å². The summed E-state index contributed by atoms with van der Waals surface area (Å²) in [6.45, 7) is 4.10. The van der Waals surface area contributed by atoms with Crippen molar-refractivity contribution in [3.63, 3.8) is 0 Å². The molecule has 0 saturated carbocycles. The summed E-state index contributed by atoms with van der Waals surface area (Å²) < 4.78 is 12.9. The van der Waals surface area contributed by atoms with Gasteiger partial charge in [-0.3, -0.25) is 14.6 Å². The Balaban J connectivity index is 1.68. The van der Waals surface area contributed by atoms with Crippen LogP contribution < -0.4 is 10.6 Å². The van der Waals surface area contributed by atoms with Gasteiger partial charge in [0.25, 0.3) is 11.8 Å². The van der Waals surface area contributed by atoms with Gasteiger partial charge in [-0.25, -0.2) is 4.39 Å². The van der Waals surface area contributed by atoms with Crippen LogP contribution in [0.25, 0.3) is 0 Å². The van der Waals surface area contributed by atoms with Crippen molar-refractivity contribution in [1.82, 2.24) is 10.3 Å². The summed E-state index contributed by atoms with van der Waals surface area (Å²) >= 11 is 0. The van der Waals surface area contributed by atoms with Gasteiger partial charge in [0.2, 0.25) is 0 Å². The second-order valence-electron chi connectivity index (χ2n) is 6.54. The molecule has 3 rings (SSSR count). The van der Waals surface area contributed by atoms with Gasteiger partial charge in [0.15, 0.2) is 0 Å². The zero-order valence-electron chi connectivity index (χ0n) is 15.6. The molecule has 0 radical (unpaired) electrons. The predicted octanol–water partition coefficient (Wildman–Crippen LogP) is 4.02. The number of nitrogens with zero attached hydrogens (tertiary/aromatic N) is 1. The normalized spacial score (nSPS) is 10.4. The van der Waals surface area contributed by atoms with Gasteiger partial charge in [0.1, 0.15) is 5.82 Å². The molecule has 0 aliphatic carbocycles. The molecule has 1 aromatic heterocycles. The van der Waals surface area contributed by atoms with Gasteiger partial charge in [-0.1, -0.05) is 24.3 Å². The van der Waals surface area contributed by atoms with Crippen molar-refractivity contribution in [2.24, 2.45) is 0 Å². The molecule has 0 atom stereocenters. The number of benzene rings is 2. The molecule has 3 aromatic rings. The van der Waals surface area contributed by atoms with E-state index in [2.05, 4.69) is 15.6 Å². The van der Waals surface area contributed by atoms with E-state index in [0.29, 0.717) is 0 Å². The van der Waals surface area contributed by atoms with Crippen LogP contribution in [0.3, 0.4) is 0 Å². The van der Waals surface area contributed by atoms with Crippen molar-refractivity contribution in [3.05, 3.63) is 94.6 Å². The van der Waals surface area contributed by atoms with Crippen molar-refractivity contribution in [3.8, 4) is 0 Å². The summed E-state index contributed by atoms with van der Waals surface area (Å²) in [6.07, 6.45) is 2.81. The SMILES string of the molecule is Cc1ccc(C)c(NC(=O)c2cncc(C(=O)NCc3ccc(F)cc3)c2)c1. The zero-order chi connectivity index (χ0) is 20.1. The van der Waals surface area contributed by atoms with Crippen LogP contribution in [0.5, 0.6) is 0 Å². The van der Waals surface area contributed by atoms with E-state index < -0.39 is 0 Å². The zero-order valence-corrected chi connectivity index (χ0v) is 15.6. The number of rotatable bonds is 5. The van der Waals surface area contributed by atoms with Crippen molar-refractivity contribution in [2.45, 2.75) is 20.4 Å². The number of amides is 2. The number of anilines is 1. The minimum absolute atomic E-state index is 0.248. The molecule has 142 valence electrons. The topological polar surface area (TPSA) is 71.1 Å². The van der Waals surface area contributed by atoms with Crippen LogP contribution in [0.2, 0.25) is 0 Å². The van der Waals surface area contributed by atoms with E-state index in [1.54, 1.807) is 12.1 Å². The first-order valence-corrected chi connectivity index (χ1v) is 8.78. The molecule has 0 bridgehead atoms. The van der Waals surface area contributed by atoms with Gasteiger partial charge >= 0.3 is 0 Å². The van der Waals surface area contributed by atoms with E-state index in [1.807, 2.05) is 32.0 Å². The van der Waals surface area contributed by atoms with Crippen molar-refractivity contribution in [2.75, 3.05) is 5.32 Å². The Kier molecular flexibility index (Phi) is 5.79. The van der Waals surface area contributed by atoms with Crippen LogP contribution in [-0.4, -0.2) is 16.8 Å².